The summed E-state index contributed by atoms with van der Waals surface area (Å²) in [5.41, 5.74) is 3.36. The van der Waals surface area contributed by atoms with E-state index >= 15 is 0 Å². The SMILES string of the molecule is CC1CCC2=CCc3c(O)ccc(O)c3C2C1. The van der Waals surface area contributed by atoms with Gasteiger partial charge < -0.3 is 10.2 Å². The summed E-state index contributed by atoms with van der Waals surface area (Å²) in [6.45, 7) is 2.27. The lowest BCUT2D eigenvalue weighted by Gasteiger charge is -2.34. The maximum atomic E-state index is 10.1. The Balaban J connectivity index is 2.11. The van der Waals surface area contributed by atoms with Crippen LogP contribution in [0.1, 0.15) is 43.2 Å². The zero-order chi connectivity index (χ0) is 12.0. The van der Waals surface area contributed by atoms with Gasteiger partial charge in [-0.05, 0) is 43.7 Å². The van der Waals surface area contributed by atoms with Gasteiger partial charge in [-0.1, -0.05) is 18.6 Å². The number of hydrogen-bond acceptors (Lipinski definition) is 2. The number of phenolic OH excluding ortho intramolecular Hbond substituents is 2. The zero-order valence-corrected chi connectivity index (χ0v) is 10.1. The summed E-state index contributed by atoms with van der Waals surface area (Å²) in [5, 5.41) is 20.0. The highest BCUT2D eigenvalue weighted by Crippen LogP contribution is 2.48. The molecule has 1 saturated carbocycles. The highest BCUT2D eigenvalue weighted by Gasteiger charge is 2.31. The lowest BCUT2D eigenvalue weighted by molar-refractivity contribution is 0.385. The normalized spacial score (nSPS) is 27.0. The molecule has 0 spiro atoms. The van der Waals surface area contributed by atoms with Crippen molar-refractivity contribution in [1.82, 2.24) is 0 Å². The minimum Gasteiger partial charge on any atom is -0.508 e. The van der Waals surface area contributed by atoms with Gasteiger partial charge >= 0.3 is 0 Å². The zero-order valence-electron chi connectivity index (χ0n) is 10.1. The Morgan fingerprint density at radius 2 is 1.94 bits per heavy atom. The second-order valence-electron chi connectivity index (χ2n) is 5.41. The molecule has 2 nitrogen and oxygen atoms in total. The van der Waals surface area contributed by atoms with Crippen LogP contribution in [0.3, 0.4) is 0 Å². The molecule has 2 N–H and O–H groups in total. The third-order valence-corrected chi connectivity index (χ3v) is 4.24. The van der Waals surface area contributed by atoms with E-state index < -0.39 is 0 Å². The molecule has 2 aliphatic carbocycles. The third kappa shape index (κ3) is 1.63. The predicted octanol–water partition coefficient (Wildman–Crippen LogP) is 3.48. The average Bonchev–Trinajstić information content (AvgIpc) is 2.33. The van der Waals surface area contributed by atoms with Crippen molar-refractivity contribution >= 4 is 0 Å². The van der Waals surface area contributed by atoms with E-state index in [1.807, 2.05) is 0 Å². The minimum atomic E-state index is 0.325. The fourth-order valence-electron chi connectivity index (χ4n) is 3.28. The number of aromatic hydroxyl groups is 2. The van der Waals surface area contributed by atoms with Gasteiger partial charge in [-0.25, -0.2) is 0 Å². The first-order chi connectivity index (χ1) is 8.16. The molecular formula is C15H18O2. The number of phenols is 2. The molecule has 2 aliphatic rings. The van der Waals surface area contributed by atoms with E-state index in [2.05, 4.69) is 13.0 Å². The van der Waals surface area contributed by atoms with Crippen LogP contribution in [-0.4, -0.2) is 10.2 Å². The van der Waals surface area contributed by atoms with Crippen molar-refractivity contribution in [3.63, 3.8) is 0 Å². The van der Waals surface area contributed by atoms with E-state index in [1.165, 1.54) is 12.0 Å². The topological polar surface area (TPSA) is 40.5 Å². The van der Waals surface area contributed by atoms with E-state index in [1.54, 1.807) is 12.1 Å². The molecule has 1 aromatic rings. The van der Waals surface area contributed by atoms with Crippen LogP contribution >= 0.6 is 0 Å². The molecule has 0 bridgehead atoms. The summed E-state index contributed by atoms with van der Waals surface area (Å²) in [4.78, 5) is 0. The molecule has 2 atom stereocenters. The number of allylic oxidation sites excluding steroid dienone is 2. The summed E-state index contributed by atoms with van der Waals surface area (Å²) in [6, 6.07) is 3.22. The van der Waals surface area contributed by atoms with Crippen LogP contribution in [0.4, 0.5) is 0 Å². The molecular weight excluding hydrogens is 212 g/mol. The van der Waals surface area contributed by atoms with Gasteiger partial charge in [0, 0.05) is 17.0 Å². The van der Waals surface area contributed by atoms with Crippen LogP contribution in [0.25, 0.3) is 0 Å². The smallest absolute Gasteiger partial charge is 0.119 e. The minimum absolute atomic E-state index is 0.325. The van der Waals surface area contributed by atoms with E-state index in [9.17, 15) is 10.2 Å². The Morgan fingerprint density at radius 1 is 1.18 bits per heavy atom. The molecule has 0 heterocycles. The summed E-state index contributed by atoms with van der Waals surface area (Å²) in [6.07, 6.45) is 6.49. The van der Waals surface area contributed by atoms with E-state index in [0.717, 1.165) is 30.4 Å². The summed E-state index contributed by atoms with van der Waals surface area (Å²) >= 11 is 0. The van der Waals surface area contributed by atoms with Crippen molar-refractivity contribution < 1.29 is 10.2 Å². The lowest BCUT2D eigenvalue weighted by atomic mass is 9.70. The van der Waals surface area contributed by atoms with Crippen molar-refractivity contribution in [2.24, 2.45) is 5.92 Å². The molecule has 0 aliphatic heterocycles. The van der Waals surface area contributed by atoms with Crippen LogP contribution in [0, 0.1) is 5.92 Å². The first-order valence-corrected chi connectivity index (χ1v) is 6.39. The fourth-order valence-corrected chi connectivity index (χ4v) is 3.28. The van der Waals surface area contributed by atoms with Gasteiger partial charge in [0.1, 0.15) is 11.5 Å². The number of benzene rings is 1. The first-order valence-electron chi connectivity index (χ1n) is 6.39. The summed E-state index contributed by atoms with van der Waals surface area (Å²) < 4.78 is 0. The third-order valence-electron chi connectivity index (χ3n) is 4.24. The monoisotopic (exact) mass is 230 g/mol. The molecule has 2 unspecified atom stereocenters. The van der Waals surface area contributed by atoms with E-state index in [4.69, 9.17) is 0 Å². The second kappa shape index (κ2) is 3.80. The Labute approximate surface area is 102 Å². The number of rotatable bonds is 0. The van der Waals surface area contributed by atoms with Crippen molar-refractivity contribution in [3.8, 4) is 11.5 Å². The average molecular weight is 230 g/mol. The maximum absolute atomic E-state index is 10.1. The van der Waals surface area contributed by atoms with Gasteiger partial charge in [0.2, 0.25) is 0 Å². The number of fused-ring (bicyclic) bond motifs is 3. The predicted molar refractivity (Wildman–Crippen MR) is 67.3 cm³/mol. The lowest BCUT2D eigenvalue weighted by Crippen LogP contribution is -2.19. The molecule has 17 heavy (non-hydrogen) atoms. The van der Waals surface area contributed by atoms with Crippen LogP contribution < -0.4 is 0 Å². The van der Waals surface area contributed by atoms with Crippen LogP contribution in [0.5, 0.6) is 11.5 Å². The molecule has 0 saturated heterocycles. The second-order valence-corrected chi connectivity index (χ2v) is 5.41. The van der Waals surface area contributed by atoms with Crippen LogP contribution in [0.15, 0.2) is 23.8 Å². The summed E-state index contributed by atoms with van der Waals surface area (Å²) in [5.74, 6) is 1.70. The van der Waals surface area contributed by atoms with Gasteiger partial charge in [0.15, 0.2) is 0 Å². The largest absolute Gasteiger partial charge is 0.508 e. The van der Waals surface area contributed by atoms with Gasteiger partial charge in [0.05, 0.1) is 0 Å². The Hall–Kier alpha value is -1.44. The number of hydrogen-bond donors (Lipinski definition) is 2. The molecule has 0 amide bonds. The highest BCUT2D eigenvalue weighted by molar-refractivity contribution is 5.55. The molecule has 2 heteroatoms. The Bertz CT molecular complexity index is 488. The molecule has 1 fully saturated rings. The Kier molecular flexibility index (Phi) is 2.39. The van der Waals surface area contributed by atoms with Crippen molar-refractivity contribution in [2.45, 2.75) is 38.5 Å². The molecule has 3 rings (SSSR count). The quantitative estimate of drug-likeness (QED) is 0.529. The van der Waals surface area contributed by atoms with E-state index in [0.29, 0.717) is 23.3 Å². The van der Waals surface area contributed by atoms with Gasteiger partial charge in [0.25, 0.3) is 0 Å². The first kappa shape index (κ1) is 10.7. The van der Waals surface area contributed by atoms with Gasteiger partial charge in [-0.3, -0.25) is 0 Å². The maximum Gasteiger partial charge on any atom is 0.119 e. The fraction of sp³-hybridized carbons (Fsp3) is 0.467. The van der Waals surface area contributed by atoms with E-state index in [-0.39, 0.29) is 0 Å². The molecule has 0 aromatic heterocycles. The highest BCUT2D eigenvalue weighted by atomic mass is 16.3. The molecule has 1 aromatic carbocycles. The van der Waals surface area contributed by atoms with Crippen LogP contribution in [-0.2, 0) is 6.42 Å². The Morgan fingerprint density at radius 3 is 2.76 bits per heavy atom. The summed E-state index contributed by atoms with van der Waals surface area (Å²) in [7, 11) is 0. The molecule has 0 radical (unpaired) electrons. The van der Waals surface area contributed by atoms with Crippen molar-refractivity contribution in [2.75, 3.05) is 0 Å². The van der Waals surface area contributed by atoms with Crippen LogP contribution in [0.2, 0.25) is 0 Å². The standard InChI is InChI=1S/C15H18O2/c1-9-2-3-10-4-5-11-13(16)6-7-14(17)15(11)12(10)8-9/h4,6-7,9,12,16-17H,2-3,5,8H2,1H3. The molecule has 90 valence electrons. The van der Waals surface area contributed by atoms with Crippen molar-refractivity contribution in [1.29, 1.82) is 0 Å². The van der Waals surface area contributed by atoms with Gasteiger partial charge in [-0.2, -0.15) is 0 Å². The van der Waals surface area contributed by atoms with Gasteiger partial charge in [-0.15, -0.1) is 0 Å². The van der Waals surface area contributed by atoms with Crippen molar-refractivity contribution in [3.05, 3.63) is 34.9 Å².